The minimum absolute atomic E-state index is 0.334. The van der Waals surface area contributed by atoms with E-state index in [0.29, 0.717) is 5.25 Å². The highest BCUT2D eigenvalue weighted by molar-refractivity contribution is 8.00. The summed E-state index contributed by atoms with van der Waals surface area (Å²) in [6.45, 7) is 7.11. The van der Waals surface area contributed by atoms with Gasteiger partial charge in [0.25, 0.3) is 0 Å². The molecule has 110 valence electrons. The number of benzene rings is 1. The molecule has 0 saturated carbocycles. The fraction of sp³-hybridized carbons (Fsp3) is 0.562. The summed E-state index contributed by atoms with van der Waals surface area (Å²) in [5.74, 6) is 0.893. The van der Waals surface area contributed by atoms with E-state index < -0.39 is 5.54 Å². The maximum Gasteiger partial charge on any atom is 0.132 e. The number of hydrogen-bond donors (Lipinski definition) is 1. The molecule has 0 aliphatic rings. The largest absolute Gasteiger partial charge is 0.496 e. The van der Waals surface area contributed by atoms with Gasteiger partial charge in [0.1, 0.15) is 11.3 Å². The van der Waals surface area contributed by atoms with E-state index in [1.54, 1.807) is 18.9 Å². The van der Waals surface area contributed by atoms with Crippen LogP contribution in [-0.2, 0) is 0 Å². The number of methoxy groups -OCH3 is 1. The Hall–Kier alpha value is -1.18. The van der Waals surface area contributed by atoms with E-state index in [9.17, 15) is 5.26 Å². The summed E-state index contributed by atoms with van der Waals surface area (Å²) in [5.41, 5.74) is -0.468. The van der Waals surface area contributed by atoms with E-state index in [-0.39, 0.29) is 0 Å². The molecule has 0 saturated heterocycles. The SMILES string of the molecule is CCCNC(C)(C#N)CC(C)Sc1ccccc1OC. The lowest BCUT2D eigenvalue weighted by Crippen LogP contribution is -2.43. The first kappa shape index (κ1) is 16.9. The van der Waals surface area contributed by atoms with Gasteiger partial charge in [0.2, 0.25) is 0 Å². The van der Waals surface area contributed by atoms with Crippen LogP contribution in [0.1, 0.15) is 33.6 Å². The van der Waals surface area contributed by atoms with Crippen molar-refractivity contribution in [1.29, 1.82) is 5.26 Å². The lowest BCUT2D eigenvalue weighted by Gasteiger charge is -2.26. The third-order valence-corrected chi connectivity index (χ3v) is 4.27. The highest BCUT2D eigenvalue weighted by Crippen LogP contribution is 2.34. The topological polar surface area (TPSA) is 45.0 Å². The van der Waals surface area contributed by atoms with Crippen LogP contribution < -0.4 is 10.1 Å². The lowest BCUT2D eigenvalue weighted by molar-refractivity contribution is 0.403. The van der Waals surface area contributed by atoms with Crippen molar-refractivity contribution in [2.45, 2.75) is 49.3 Å². The summed E-state index contributed by atoms with van der Waals surface area (Å²) in [7, 11) is 1.69. The number of nitrogens with zero attached hydrogens (tertiary/aromatic N) is 1. The molecule has 0 radical (unpaired) electrons. The first-order valence-electron chi connectivity index (χ1n) is 7.00. The smallest absolute Gasteiger partial charge is 0.132 e. The van der Waals surface area contributed by atoms with Gasteiger partial charge in [-0.25, -0.2) is 0 Å². The van der Waals surface area contributed by atoms with Crippen molar-refractivity contribution in [2.75, 3.05) is 13.7 Å². The number of hydrogen-bond acceptors (Lipinski definition) is 4. The lowest BCUT2D eigenvalue weighted by atomic mass is 9.98. The second-order valence-electron chi connectivity index (χ2n) is 5.15. The Kier molecular flexibility index (Phi) is 6.90. The summed E-state index contributed by atoms with van der Waals surface area (Å²) >= 11 is 1.75. The van der Waals surface area contributed by atoms with Crippen molar-refractivity contribution >= 4 is 11.8 Å². The van der Waals surface area contributed by atoms with Gasteiger partial charge in [-0.3, -0.25) is 5.32 Å². The monoisotopic (exact) mass is 292 g/mol. The third-order valence-electron chi connectivity index (χ3n) is 3.10. The average molecular weight is 292 g/mol. The molecule has 2 atom stereocenters. The molecule has 0 fully saturated rings. The molecule has 0 aromatic heterocycles. The summed E-state index contributed by atoms with van der Waals surface area (Å²) in [5, 5.41) is 13.0. The number of para-hydroxylation sites is 1. The summed E-state index contributed by atoms with van der Waals surface area (Å²) in [6.07, 6.45) is 1.83. The van der Waals surface area contributed by atoms with Crippen molar-refractivity contribution < 1.29 is 4.74 Å². The zero-order valence-electron chi connectivity index (χ0n) is 12.8. The molecule has 0 aliphatic carbocycles. The van der Waals surface area contributed by atoms with Crippen molar-refractivity contribution in [3.05, 3.63) is 24.3 Å². The Morgan fingerprint density at radius 2 is 2.15 bits per heavy atom. The van der Waals surface area contributed by atoms with Gasteiger partial charge in [-0.1, -0.05) is 26.0 Å². The molecule has 0 amide bonds. The Morgan fingerprint density at radius 1 is 1.45 bits per heavy atom. The standard InChI is InChI=1S/C16H24N2OS/c1-5-10-18-16(3,12-17)11-13(2)20-15-9-7-6-8-14(15)19-4/h6-9,13,18H,5,10-11H2,1-4H3. The number of nitriles is 1. The molecule has 1 rings (SSSR count). The van der Waals surface area contributed by atoms with E-state index in [1.165, 1.54) is 0 Å². The van der Waals surface area contributed by atoms with Crippen molar-refractivity contribution in [3.63, 3.8) is 0 Å². The van der Waals surface area contributed by atoms with Gasteiger partial charge in [-0.05, 0) is 38.4 Å². The number of rotatable bonds is 8. The molecule has 0 spiro atoms. The fourth-order valence-corrected chi connectivity index (χ4v) is 3.38. The predicted molar refractivity (Wildman–Crippen MR) is 85.2 cm³/mol. The van der Waals surface area contributed by atoms with Crippen molar-refractivity contribution in [3.8, 4) is 11.8 Å². The van der Waals surface area contributed by atoms with Gasteiger partial charge in [-0.2, -0.15) is 5.26 Å². The number of thioether (sulfide) groups is 1. The van der Waals surface area contributed by atoms with Crippen LogP contribution in [0.25, 0.3) is 0 Å². The van der Waals surface area contributed by atoms with E-state index in [1.807, 2.05) is 25.1 Å². The Balaban J connectivity index is 2.66. The number of nitrogens with one attached hydrogen (secondary N) is 1. The molecular weight excluding hydrogens is 268 g/mol. The van der Waals surface area contributed by atoms with Gasteiger partial charge >= 0.3 is 0 Å². The average Bonchev–Trinajstić information content (AvgIpc) is 2.45. The van der Waals surface area contributed by atoms with Gasteiger partial charge in [0.15, 0.2) is 0 Å². The summed E-state index contributed by atoms with van der Waals surface area (Å²) in [6, 6.07) is 10.4. The molecule has 1 aromatic carbocycles. The van der Waals surface area contributed by atoms with Crippen LogP contribution in [-0.4, -0.2) is 24.4 Å². The number of ether oxygens (including phenoxy) is 1. The summed E-state index contributed by atoms with van der Waals surface area (Å²) < 4.78 is 5.37. The zero-order chi connectivity index (χ0) is 15.0. The van der Waals surface area contributed by atoms with Gasteiger partial charge in [-0.15, -0.1) is 11.8 Å². The first-order chi connectivity index (χ1) is 9.54. The van der Waals surface area contributed by atoms with Crippen LogP contribution in [0.5, 0.6) is 5.75 Å². The molecule has 0 aliphatic heterocycles. The van der Waals surface area contributed by atoms with Crippen molar-refractivity contribution in [2.24, 2.45) is 0 Å². The molecule has 20 heavy (non-hydrogen) atoms. The normalized spacial score (nSPS) is 15.2. The highest BCUT2D eigenvalue weighted by Gasteiger charge is 2.26. The van der Waals surface area contributed by atoms with Crippen LogP contribution in [0.15, 0.2) is 29.2 Å². The molecule has 4 heteroatoms. The minimum atomic E-state index is -0.468. The fourth-order valence-electron chi connectivity index (χ4n) is 2.11. The second-order valence-corrected chi connectivity index (χ2v) is 6.63. The molecule has 2 unspecified atom stereocenters. The van der Waals surface area contributed by atoms with Crippen LogP contribution in [0, 0.1) is 11.3 Å². The Bertz CT molecular complexity index is 458. The maximum atomic E-state index is 9.38. The molecule has 0 heterocycles. The van der Waals surface area contributed by atoms with Gasteiger partial charge < -0.3 is 4.74 Å². The first-order valence-corrected chi connectivity index (χ1v) is 7.88. The Labute approximate surface area is 126 Å². The predicted octanol–water partition coefficient (Wildman–Crippen LogP) is 3.85. The Morgan fingerprint density at radius 3 is 2.75 bits per heavy atom. The second kappa shape index (κ2) is 8.18. The minimum Gasteiger partial charge on any atom is -0.496 e. The summed E-state index contributed by atoms with van der Waals surface area (Å²) in [4.78, 5) is 1.12. The molecule has 3 nitrogen and oxygen atoms in total. The van der Waals surface area contributed by atoms with Gasteiger partial charge in [0.05, 0.1) is 13.2 Å². The van der Waals surface area contributed by atoms with Gasteiger partial charge in [0, 0.05) is 10.1 Å². The highest BCUT2D eigenvalue weighted by atomic mass is 32.2. The van der Waals surface area contributed by atoms with Crippen LogP contribution in [0.3, 0.4) is 0 Å². The molecule has 1 aromatic rings. The molecule has 1 N–H and O–H groups in total. The molecule has 0 bridgehead atoms. The molecular formula is C16H24N2OS. The van der Waals surface area contributed by atoms with E-state index in [0.717, 1.165) is 30.0 Å². The van der Waals surface area contributed by atoms with Crippen LogP contribution in [0.2, 0.25) is 0 Å². The quantitative estimate of drug-likeness (QED) is 0.739. The van der Waals surface area contributed by atoms with Crippen molar-refractivity contribution in [1.82, 2.24) is 5.32 Å². The van der Waals surface area contributed by atoms with Crippen LogP contribution in [0.4, 0.5) is 0 Å². The zero-order valence-corrected chi connectivity index (χ0v) is 13.6. The maximum absolute atomic E-state index is 9.38. The van der Waals surface area contributed by atoms with E-state index in [2.05, 4.69) is 31.3 Å². The van der Waals surface area contributed by atoms with E-state index >= 15 is 0 Å². The third kappa shape index (κ3) is 5.07. The van der Waals surface area contributed by atoms with Crippen LogP contribution >= 0.6 is 11.8 Å². The van der Waals surface area contributed by atoms with E-state index in [4.69, 9.17) is 4.74 Å².